The fourth-order valence-electron chi connectivity index (χ4n) is 2.91. The van der Waals surface area contributed by atoms with Crippen LogP contribution in [0.5, 0.6) is 0 Å². The molecule has 1 aliphatic rings. The van der Waals surface area contributed by atoms with E-state index >= 15 is 0 Å². The van der Waals surface area contributed by atoms with Crippen LogP contribution in [0.2, 0.25) is 0 Å². The van der Waals surface area contributed by atoms with Crippen molar-refractivity contribution in [3.8, 4) is 0 Å². The number of thiophene rings is 1. The number of aromatic nitrogens is 1. The smallest absolute Gasteiger partial charge is 0.163 e. The molecule has 0 aliphatic carbocycles. The van der Waals surface area contributed by atoms with Crippen molar-refractivity contribution in [1.82, 2.24) is 10.3 Å². The van der Waals surface area contributed by atoms with Crippen molar-refractivity contribution >= 4 is 28.7 Å². The number of pyridine rings is 1. The molecular weight excluding hydrogens is 347 g/mol. The Hall–Kier alpha value is -2.86. The van der Waals surface area contributed by atoms with E-state index in [2.05, 4.69) is 16.4 Å². The van der Waals surface area contributed by atoms with Gasteiger partial charge in [0.1, 0.15) is 17.7 Å². The monoisotopic (exact) mass is 364 g/mol. The quantitative estimate of drug-likeness (QED) is 0.743. The maximum absolute atomic E-state index is 13.4. The average molecular weight is 364 g/mol. The first-order valence-electron chi connectivity index (χ1n) is 8.41. The highest BCUT2D eigenvalue weighted by atomic mass is 32.1. The Bertz CT molecular complexity index is 962. The van der Waals surface area contributed by atoms with Crippen LogP contribution < -0.4 is 5.32 Å². The normalized spacial score (nSPS) is 16.3. The third kappa shape index (κ3) is 3.15. The van der Waals surface area contributed by atoms with Gasteiger partial charge in [-0.05, 0) is 54.8 Å². The Morgan fingerprint density at radius 2 is 1.96 bits per heavy atom. The second kappa shape index (κ2) is 7.17. The molecule has 0 amide bonds. The second-order valence-corrected chi connectivity index (χ2v) is 6.78. The molecule has 6 heteroatoms. The molecule has 1 aliphatic heterocycles. The third-order valence-corrected chi connectivity index (χ3v) is 5.00. The molecule has 26 heavy (non-hydrogen) atoms. The number of fused-ring (bicyclic) bond motifs is 1. The number of aliphatic imine (C=N–C) groups is 2. The van der Waals surface area contributed by atoms with Crippen molar-refractivity contribution in [3.05, 3.63) is 81.9 Å². The van der Waals surface area contributed by atoms with Crippen LogP contribution in [0.1, 0.15) is 29.0 Å². The van der Waals surface area contributed by atoms with E-state index in [-0.39, 0.29) is 11.9 Å². The lowest BCUT2D eigenvalue weighted by atomic mass is 10.0. The summed E-state index contributed by atoms with van der Waals surface area (Å²) in [7, 11) is 0. The minimum atomic E-state index is -0.270. The lowest BCUT2D eigenvalue weighted by molar-refractivity contribution is 0.628. The van der Waals surface area contributed by atoms with Gasteiger partial charge in [0.25, 0.3) is 0 Å². The number of hydrogen-bond acceptors (Lipinski definition) is 5. The molecule has 0 radical (unpaired) electrons. The Labute approximate surface area is 155 Å². The van der Waals surface area contributed by atoms with Crippen LogP contribution in [0, 0.1) is 5.82 Å². The molecule has 4 nitrogen and oxygen atoms in total. The lowest BCUT2D eigenvalue weighted by Crippen LogP contribution is -2.28. The molecule has 1 N–H and O–H groups in total. The van der Waals surface area contributed by atoms with Crippen molar-refractivity contribution in [2.24, 2.45) is 9.98 Å². The molecule has 130 valence electrons. The first-order chi connectivity index (χ1) is 12.8. The molecule has 3 aromatic rings. The fraction of sp³-hybridized carbons (Fsp3) is 0.150. The van der Waals surface area contributed by atoms with Gasteiger partial charge < -0.3 is 5.32 Å². The van der Waals surface area contributed by atoms with Crippen LogP contribution in [0.15, 0.2) is 70.1 Å². The van der Waals surface area contributed by atoms with E-state index in [9.17, 15) is 4.39 Å². The van der Waals surface area contributed by atoms with Gasteiger partial charge in [-0.2, -0.15) is 0 Å². The summed E-state index contributed by atoms with van der Waals surface area (Å²) in [6, 6.07) is 14.0. The number of halogens is 1. The van der Waals surface area contributed by atoms with Crippen molar-refractivity contribution in [1.29, 1.82) is 0 Å². The average Bonchev–Trinajstić information content (AvgIpc) is 3.13. The zero-order valence-corrected chi connectivity index (χ0v) is 15.0. The van der Waals surface area contributed by atoms with Crippen LogP contribution >= 0.6 is 11.3 Å². The van der Waals surface area contributed by atoms with Gasteiger partial charge in [-0.15, -0.1) is 11.3 Å². The third-order valence-electron chi connectivity index (χ3n) is 4.07. The Kier molecular flexibility index (Phi) is 4.58. The minimum absolute atomic E-state index is 0.246. The van der Waals surface area contributed by atoms with E-state index in [0.717, 1.165) is 34.1 Å². The Morgan fingerprint density at radius 3 is 2.69 bits per heavy atom. The summed E-state index contributed by atoms with van der Waals surface area (Å²) in [5.74, 6) is 1.12. The summed E-state index contributed by atoms with van der Waals surface area (Å²) in [5.41, 5.74) is 2.45. The van der Waals surface area contributed by atoms with E-state index in [4.69, 9.17) is 9.98 Å². The molecule has 3 heterocycles. The van der Waals surface area contributed by atoms with E-state index in [1.54, 1.807) is 29.7 Å². The zero-order valence-electron chi connectivity index (χ0n) is 14.2. The highest BCUT2D eigenvalue weighted by Crippen LogP contribution is 2.32. The number of likely N-dealkylation sites (N-methyl/N-ethyl adjacent to an activating group) is 1. The SMILES string of the molecule is CCNC1=Nc2ncccc2C(c2ccc(F)cc2)=NC1c1cccs1. The van der Waals surface area contributed by atoms with Gasteiger partial charge in [0.2, 0.25) is 0 Å². The van der Waals surface area contributed by atoms with Crippen LogP contribution in [0.25, 0.3) is 0 Å². The molecule has 1 atom stereocenters. The number of nitrogens with zero attached hydrogens (tertiary/aromatic N) is 3. The minimum Gasteiger partial charge on any atom is -0.372 e. The lowest BCUT2D eigenvalue weighted by Gasteiger charge is -2.15. The van der Waals surface area contributed by atoms with Gasteiger partial charge in [-0.3, -0.25) is 4.99 Å². The van der Waals surface area contributed by atoms with E-state index in [1.165, 1.54) is 12.1 Å². The molecule has 0 saturated heterocycles. The first-order valence-corrected chi connectivity index (χ1v) is 9.29. The summed E-state index contributed by atoms with van der Waals surface area (Å²) in [6.07, 6.45) is 1.72. The summed E-state index contributed by atoms with van der Waals surface area (Å²) in [5, 5.41) is 5.36. The van der Waals surface area contributed by atoms with Crippen molar-refractivity contribution in [3.63, 3.8) is 0 Å². The number of rotatable bonds is 3. The highest BCUT2D eigenvalue weighted by Gasteiger charge is 2.25. The summed E-state index contributed by atoms with van der Waals surface area (Å²) >= 11 is 1.64. The molecule has 0 saturated carbocycles. The molecular formula is C20H17FN4S. The fourth-order valence-corrected chi connectivity index (χ4v) is 3.67. The topological polar surface area (TPSA) is 49.6 Å². The molecule has 4 rings (SSSR count). The van der Waals surface area contributed by atoms with Gasteiger partial charge in [0.15, 0.2) is 5.82 Å². The van der Waals surface area contributed by atoms with Crippen molar-refractivity contribution in [2.75, 3.05) is 6.54 Å². The molecule has 1 unspecified atom stereocenters. The molecule has 2 aromatic heterocycles. The van der Waals surface area contributed by atoms with Crippen LogP contribution in [-0.4, -0.2) is 23.1 Å². The second-order valence-electron chi connectivity index (χ2n) is 5.80. The largest absolute Gasteiger partial charge is 0.372 e. The molecule has 0 spiro atoms. The number of hydrogen-bond donors (Lipinski definition) is 1. The Balaban J connectivity index is 1.93. The van der Waals surface area contributed by atoms with E-state index in [1.807, 2.05) is 30.5 Å². The highest BCUT2D eigenvalue weighted by molar-refractivity contribution is 7.10. The van der Waals surface area contributed by atoms with E-state index < -0.39 is 0 Å². The molecule has 0 bridgehead atoms. The van der Waals surface area contributed by atoms with Gasteiger partial charge in [-0.25, -0.2) is 14.4 Å². The van der Waals surface area contributed by atoms with Crippen LogP contribution in [0.4, 0.5) is 10.2 Å². The zero-order chi connectivity index (χ0) is 17.9. The van der Waals surface area contributed by atoms with Gasteiger partial charge in [0, 0.05) is 28.7 Å². The standard InChI is InChI=1S/C20H17FN4S/c1-2-22-20-18(16-6-4-12-26-16)24-17(13-7-9-14(21)10-8-13)15-5-3-11-23-19(15)25-20/h3-12,18H,2H2,1H3,(H,22,23,25). The van der Waals surface area contributed by atoms with Crippen molar-refractivity contribution in [2.45, 2.75) is 13.0 Å². The Morgan fingerprint density at radius 1 is 1.12 bits per heavy atom. The molecule has 1 aromatic carbocycles. The van der Waals surface area contributed by atoms with Crippen molar-refractivity contribution < 1.29 is 4.39 Å². The molecule has 0 fully saturated rings. The summed E-state index contributed by atoms with van der Waals surface area (Å²) in [4.78, 5) is 15.3. The van der Waals surface area contributed by atoms with Gasteiger partial charge in [0.05, 0.1) is 5.71 Å². The predicted octanol–water partition coefficient (Wildman–Crippen LogP) is 4.51. The first kappa shape index (κ1) is 16.6. The van der Waals surface area contributed by atoms with E-state index in [0.29, 0.717) is 5.82 Å². The van der Waals surface area contributed by atoms with Gasteiger partial charge in [-0.1, -0.05) is 6.07 Å². The van der Waals surface area contributed by atoms with Gasteiger partial charge >= 0.3 is 0 Å². The summed E-state index contributed by atoms with van der Waals surface area (Å²) in [6.45, 7) is 2.77. The van der Waals surface area contributed by atoms with Crippen LogP contribution in [-0.2, 0) is 0 Å². The maximum Gasteiger partial charge on any atom is 0.163 e. The maximum atomic E-state index is 13.4. The number of nitrogens with one attached hydrogen (secondary N) is 1. The predicted molar refractivity (Wildman–Crippen MR) is 104 cm³/mol. The van der Waals surface area contributed by atoms with Crippen LogP contribution in [0.3, 0.4) is 0 Å². The summed E-state index contributed by atoms with van der Waals surface area (Å²) < 4.78 is 13.4. The number of amidine groups is 1. The number of benzene rings is 1.